The minimum absolute atomic E-state index is 0.234. The van der Waals surface area contributed by atoms with Crippen LogP contribution in [0, 0.1) is 17.6 Å². The van der Waals surface area contributed by atoms with E-state index in [0.717, 1.165) is 6.07 Å². The highest BCUT2D eigenvalue weighted by molar-refractivity contribution is 5.74. The van der Waals surface area contributed by atoms with E-state index >= 15 is 0 Å². The highest BCUT2D eigenvalue weighted by Crippen LogP contribution is 2.31. The summed E-state index contributed by atoms with van der Waals surface area (Å²) in [6.07, 6.45) is 0. The Balaban J connectivity index is 2.26. The van der Waals surface area contributed by atoms with Crippen LogP contribution in [0.4, 0.5) is 8.78 Å². The second-order valence-electron chi connectivity index (χ2n) is 4.27. The van der Waals surface area contributed by atoms with E-state index in [-0.39, 0.29) is 24.1 Å². The Kier molecular flexibility index (Phi) is 3.91. The molecule has 1 N–H and O–H groups in total. The summed E-state index contributed by atoms with van der Waals surface area (Å²) in [6, 6.07) is 4.04. The minimum atomic E-state index is -0.887. The molecule has 0 saturated carbocycles. The molecule has 1 aliphatic rings. The van der Waals surface area contributed by atoms with Crippen LogP contribution in [0.2, 0.25) is 0 Å². The lowest BCUT2D eigenvalue weighted by atomic mass is 9.88. The van der Waals surface area contributed by atoms with Gasteiger partial charge in [-0.2, -0.15) is 0 Å². The maximum absolute atomic E-state index is 13.7. The standard InChI is InChI=1S/C13H15F2NO2/c1-2-18-13(17)10-7-16-6-9(10)8-4-3-5-11(14)12(8)15/h3-5,9-10,16H,2,6-7H2,1H3. The molecule has 3 nitrogen and oxygen atoms in total. The lowest BCUT2D eigenvalue weighted by molar-refractivity contribution is -0.147. The van der Waals surface area contributed by atoms with Crippen LogP contribution in [0.15, 0.2) is 18.2 Å². The fourth-order valence-electron chi connectivity index (χ4n) is 2.31. The van der Waals surface area contributed by atoms with E-state index in [1.807, 2.05) is 0 Å². The topological polar surface area (TPSA) is 38.3 Å². The molecule has 0 bridgehead atoms. The smallest absolute Gasteiger partial charge is 0.310 e. The van der Waals surface area contributed by atoms with Crippen LogP contribution < -0.4 is 5.32 Å². The third-order valence-electron chi connectivity index (χ3n) is 3.18. The molecule has 1 fully saturated rings. The van der Waals surface area contributed by atoms with Gasteiger partial charge in [0.25, 0.3) is 0 Å². The summed E-state index contributed by atoms with van der Waals surface area (Å²) >= 11 is 0. The lowest BCUT2D eigenvalue weighted by Gasteiger charge is -2.18. The zero-order chi connectivity index (χ0) is 13.1. The Morgan fingerprint density at radius 1 is 1.44 bits per heavy atom. The van der Waals surface area contributed by atoms with Gasteiger partial charge in [0.05, 0.1) is 12.5 Å². The van der Waals surface area contributed by atoms with Gasteiger partial charge in [0, 0.05) is 19.0 Å². The first-order valence-corrected chi connectivity index (χ1v) is 5.96. The van der Waals surface area contributed by atoms with Crippen molar-refractivity contribution in [3.05, 3.63) is 35.4 Å². The molecule has 1 aliphatic heterocycles. The number of hydrogen-bond donors (Lipinski definition) is 1. The molecule has 1 aromatic carbocycles. The molecule has 0 amide bonds. The molecule has 98 valence electrons. The first-order chi connectivity index (χ1) is 8.65. The van der Waals surface area contributed by atoms with Crippen molar-refractivity contribution in [1.82, 2.24) is 5.32 Å². The lowest BCUT2D eigenvalue weighted by Crippen LogP contribution is -2.24. The third kappa shape index (κ3) is 2.36. The largest absolute Gasteiger partial charge is 0.466 e. The zero-order valence-electron chi connectivity index (χ0n) is 10.1. The molecule has 0 aromatic heterocycles. The minimum Gasteiger partial charge on any atom is -0.466 e. The maximum atomic E-state index is 13.7. The molecule has 18 heavy (non-hydrogen) atoms. The molecule has 5 heteroatoms. The summed E-state index contributed by atoms with van der Waals surface area (Å²) in [6.45, 7) is 2.88. The van der Waals surface area contributed by atoms with Crippen LogP contribution in [0.1, 0.15) is 18.4 Å². The summed E-state index contributed by atoms with van der Waals surface area (Å²) in [5.41, 5.74) is 0.234. The van der Waals surface area contributed by atoms with Crippen molar-refractivity contribution < 1.29 is 18.3 Å². The van der Waals surface area contributed by atoms with Crippen molar-refractivity contribution in [3.63, 3.8) is 0 Å². The maximum Gasteiger partial charge on any atom is 0.310 e. The molecule has 1 saturated heterocycles. The van der Waals surface area contributed by atoms with Gasteiger partial charge < -0.3 is 10.1 Å². The van der Waals surface area contributed by atoms with Gasteiger partial charge in [-0.3, -0.25) is 4.79 Å². The molecule has 2 atom stereocenters. The number of esters is 1. The van der Waals surface area contributed by atoms with Gasteiger partial charge in [0.1, 0.15) is 0 Å². The van der Waals surface area contributed by atoms with Gasteiger partial charge in [-0.05, 0) is 18.6 Å². The Hall–Kier alpha value is -1.49. The molecule has 1 aromatic rings. The van der Waals surface area contributed by atoms with Crippen LogP contribution in [0.5, 0.6) is 0 Å². The van der Waals surface area contributed by atoms with Gasteiger partial charge in [0.15, 0.2) is 11.6 Å². The van der Waals surface area contributed by atoms with Crippen molar-refractivity contribution in [2.24, 2.45) is 5.92 Å². The summed E-state index contributed by atoms with van der Waals surface area (Å²) in [5.74, 6) is -2.96. The fraction of sp³-hybridized carbons (Fsp3) is 0.462. The van der Waals surface area contributed by atoms with E-state index in [0.29, 0.717) is 13.1 Å². The van der Waals surface area contributed by atoms with Crippen molar-refractivity contribution in [3.8, 4) is 0 Å². The van der Waals surface area contributed by atoms with E-state index in [4.69, 9.17) is 4.74 Å². The van der Waals surface area contributed by atoms with Gasteiger partial charge in [-0.15, -0.1) is 0 Å². The Bertz CT molecular complexity index is 451. The highest BCUT2D eigenvalue weighted by atomic mass is 19.2. The Morgan fingerprint density at radius 3 is 2.94 bits per heavy atom. The molecular formula is C13H15F2NO2. The first-order valence-electron chi connectivity index (χ1n) is 5.96. The second-order valence-corrected chi connectivity index (χ2v) is 4.27. The highest BCUT2D eigenvalue weighted by Gasteiger charge is 2.36. The first kappa shape index (κ1) is 13.0. The molecule has 0 aliphatic carbocycles. The van der Waals surface area contributed by atoms with Gasteiger partial charge in [0.2, 0.25) is 0 Å². The molecule has 0 radical (unpaired) electrons. The molecule has 0 spiro atoms. The number of ether oxygens (including phenoxy) is 1. The van der Waals surface area contributed by atoms with E-state index in [9.17, 15) is 13.6 Å². The van der Waals surface area contributed by atoms with Crippen molar-refractivity contribution in [1.29, 1.82) is 0 Å². The summed E-state index contributed by atoms with van der Waals surface area (Å²) in [7, 11) is 0. The molecule has 1 heterocycles. The van der Waals surface area contributed by atoms with E-state index in [1.165, 1.54) is 12.1 Å². The number of carbonyl (C=O) groups is 1. The van der Waals surface area contributed by atoms with Crippen LogP contribution in [0.25, 0.3) is 0 Å². The number of rotatable bonds is 3. The van der Waals surface area contributed by atoms with Gasteiger partial charge in [-0.25, -0.2) is 8.78 Å². The van der Waals surface area contributed by atoms with Gasteiger partial charge in [-0.1, -0.05) is 12.1 Å². The quantitative estimate of drug-likeness (QED) is 0.837. The Labute approximate surface area is 104 Å². The number of benzene rings is 1. The van der Waals surface area contributed by atoms with E-state index in [2.05, 4.69) is 5.32 Å². The third-order valence-corrected chi connectivity index (χ3v) is 3.18. The van der Waals surface area contributed by atoms with E-state index < -0.39 is 17.6 Å². The fourth-order valence-corrected chi connectivity index (χ4v) is 2.31. The predicted molar refractivity (Wildman–Crippen MR) is 62.1 cm³/mol. The number of carbonyl (C=O) groups excluding carboxylic acids is 1. The van der Waals surface area contributed by atoms with Crippen molar-refractivity contribution >= 4 is 5.97 Å². The summed E-state index contributed by atoms with van der Waals surface area (Å²) < 4.78 is 31.9. The normalized spacial score (nSPS) is 23.1. The van der Waals surface area contributed by atoms with Crippen molar-refractivity contribution in [2.45, 2.75) is 12.8 Å². The number of halogens is 2. The summed E-state index contributed by atoms with van der Waals surface area (Å²) in [5, 5.41) is 3.02. The number of nitrogens with one attached hydrogen (secondary N) is 1. The Morgan fingerprint density at radius 2 is 2.22 bits per heavy atom. The molecule has 2 unspecified atom stereocenters. The number of hydrogen-bond acceptors (Lipinski definition) is 3. The van der Waals surface area contributed by atoms with Crippen molar-refractivity contribution in [2.75, 3.05) is 19.7 Å². The average molecular weight is 255 g/mol. The monoisotopic (exact) mass is 255 g/mol. The van der Waals surface area contributed by atoms with E-state index in [1.54, 1.807) is 6.92 Å². The van der Waals surface area contributed by atoms with Crippen LogP contribution in [-0.2, 0) is 9.53 Å². The van der Waals surface area contributed by atoms with Crippen LogP contribution in [-0.4, -0.2) is 25.7 Å². The van der Waals surface area contributed by atoms with Crippen LogP contribution in [0.3, 0.4) is 0 Å². The molecule has 2 rings (SSSR count). The van der Waals surface area contributed by atoms with Crippen LogP contribution >= 0.6 is 0 Å². The average Bonchev–Trinajstić information content (AvgIpc) is 2.82. The SMILES string of the molecule is CCOC(=O)C1CNCC1c1cccc(F)c1F. The zero-order valence-corrected chi connectivity index (χ0v) is 10.1. The van der Waals surface area contributed by atoms with Gasteiger partial charge >= 0.3 is 5.97 Å². The predicted octanol–water partition coefficient (Wildman–Crippen LogP) is 1.83. The molecular weight excluding hydrogens is 240 g/mol. The second kappa shape index (κ2) is 5.44. The summed E-state index contributed by atoms with van der Waals surface area (Å²) in [4.78, 5) is 11.7.